The van der Waals surface area contributed by atoms with Crippen LogP contribution < -0.4 is 0 Å². The average molecular weight is 284 g/mol. The lowest BCUT2D eigenvalue weighted by Gasteiger charge is -2.37. The number of ether oxygens (including phenoxy) is 1. The van der Waals surface area contributed by atoms with Crippen molar-refractivity contribution in [1.29, 1.82) is 0 Å². The van der Waals surface area contributed by atoms with E-state index in [2.05, 4.69) is 32.6 Å². The fourth-order valence-corrected chi connectivity index (χ4v) is 2.91. The van der Waals surface area contributed by atoms with Gasteiger partial charge in [-0.05, 0) is 25.7 Å². The Bertz CT molecular complexity index is 285. The minimum atomic E-state index is 0.145. The van der Waals surface area contributed by atoms with Gasteiger partial charge in [-0.1, -0.05) is 27.7 Å². The minimum Gasteiger partial charge on any atom is -0.372 e. The molecule has 1 heterocycles. The smallest absolute Gasteiger partial charge is 0.236 e. The predicted octanol–water partition coefficient (Wildman–Crippen LogP) is 2.24. The van der Waals surface area contributed by atoms with Gasteiger partial charge in [-0.25, -0.2) is 0 Å². The lowest BCUT2D eigenvalue weighted by molar-refractivity contribution is -0.144. The first-order valence-corrected chi connectivity index (χ1v) is 7.93. The van der Waals surface area contributed by atoms with Crippen LogP contribution in [0.5, 0.6) is 0 Å². The molecule has 1 rings (SSSR count). The van der Waals surface area contributed by atoms with Crippen molar-refractivity contribution in [3.05, 3.63) is 0 Å². The topological polar surface area (TPSA) is 32.8 Å². The third kappa shape index (κ3) is 6.23. The second kappa shape index (κ2) is 7.99. The van der Waals surface area contributed by atoms with Gasteiger partial charge >= 0.3 is 0 Å². The first-order valence-electron chi connectivity index (χ1n) is 7.93. The van der Waals surface area contributed by atoms with Crippen LogP contribution in [-0.4, -0.2) is 60.6 Å². The summed E-state index contributed by atoms with van der Waals surface area (Å²) in [7, 11) is 0. The van der Waals surface area contributed by atoms with Gasteiger partial charge in [-0.15, -0.1) is 0 Å². The van der Waals surface area contributed by atoms with Crippen LogP contribution in [0.2, 0.25) is 0 Å². The lowest BCUT2D eigenvalue weighted by atomic mass is 10.1. The van der Waals surface area contributed by atoms with E-state index in [4.69, 9.17) is 4.74 Å². The molecule has 1 aliphatic rings. The monoisotopic (exact) mass is 284 g/mol. The van der Waals surface area contributed by atoms with Gasteiger partial charge in [0.2, 0.25) is 5.91 Å². The van der Waals surface area contributed by atoms with E-state index in [0.29, 0.717) is 18.4 Å². The van der Waals surface area contributed by atoms with Crippen LogP contribution in [0.3, 0.4) is 0 Å². The largest absolute Gasteiger partial charge is 0.372 e. The van der Waals surface area contributed by atoms with Gasteiger partial charge in [0.25, 0.3) is 0 Å². The molecular formula is C16H32N2O2. The van der Waals surface area contributed by atoms with E-state index < -0.39 is 0 Å². The number of hydrogen-bond acceptors (Lipinski definition) is 3. The second-order valence-corrected chi connectivity index (χ2v) is 7.04. The molecule has 1 saturated heterocycles. The van der Waals surface area contributed by atoms with Crippen LogP contribution in [0, 0.1) is 11.8 Å². The van der Waals surface area contributed by atoms with E-state index >= 15 is 0 Å². The maximum atomic E-state index is 12.5. The molecule has 0 N–H and O–H groups in total. The Morgan fingerprint density at radius 2 is 1.55 bits per heavy atom. The fraction of sp³-hybridized carbons (Fsp3) is 0.938. The maximum absolute atomic E-state index is 12.5. The number of hydrogen-bond donors (Lipinski definition) is 0. The maximum Gasteiger partial charge on any atom is 0.236 e. The first kappa shape index (κ1) is 17.4. The Morgan fingerprint density at radius 1 is 1.10 bits per heavy atom. The van der Waals surface area contributed by atoms with Crippen LogP contribution in [0.25, 0.3) is 0 Å². The highest BCUT2D eigenvalue weighted by Gasteiger charge is 2.27. The molecule has 0 aromatic carbocycles. The molecule has 0 aromatic rings. The zero-order valence-electron chi connectivity index (χ0n) is 14.1. The summed E-state index contributed by atoms with van der Waals surface area (Å²) in [5, 5.41) is 0. The van der Waals surface area contributed by atoms with E-state index in [-0.39, 0.29) is 18.1 Å². The molecule has 1 fully saturated rings. The molecule has 0 spiro atoms. The molecule has 1 aliphatic heterocycles. The lowest BCUT2D eigenvalue weighted by Crippen LogP contribution is -2.51. The Balaban J connectivity index is 2.55. The zero-order valence-corrected chi connectivity index (χ0v) is 14.1. The van der Waals surface area contributed by atoms with E-state index in [1.165, 1.54) is 0 Å². The Hall–Kier alpha value is -0.610. The van der Waals surface area contributed by atoms with Crippen molar-refractivity contribution in [2.75, 3.05) is 32.7 Å². The second-order valence-electron chi connectivity index (χ2n) is 7.04. The fourth-order valence-electron chi connectivity index (χ4n) is 2.91. The third-order valence-corrected chi connectivity index (χ3v) is 3.38. The Labute approximate surface area is 124 Å². The summed E-state index contributed by atoms with van der Waals surface area (Å²) in [5.41, 5.74) is 0. The van der Waals surface area contributed by atoms with Gasteiger partial charge < -0.3 is 9.64 Å². The molecule has 1 amide bonds. The summed E-state index contributed by atoms with van der Waals surface area (Å²) < 4.78 is 5.69. The molecule has 0 aromatic heterocycles. The molecule has 0 saturated carbocycles. The summed E-state index contributed by atoms with van der Waals surface area (Å²) in [4.78, 5) is 16.8. The van der Waals surface area contributed by atoms with Crippen LogP contribution in [0.15, 0.2) is 0 Å². The van der Waals surface area contributed by atoms with Crippen LogP contribution in [0.1, 0.15) is 41.5 Å². The highest BCUT2D eigenvalue weighted by atomic mass is 16.5. The molecule has 0 bridgehead atoms. The van der Waals surface area contributed by atoms with Crippen molar-refractivity contribution in [1.82, 2.24) is 9.80 Å². The van der Waals surface area contributed by atoms with Gasteiger partial charge in [0, 0.05) is 26.2 Å². The molecule has 0 aliphatic carbocycles. The van der Waals surface area contributed by atoms with Gasteiger partial charge in [0.15, 0.2) is 0 Å². The number of amides is 1. The van der Waals surface area contributed by atoms with Crippen molar-refractivity contribution in [2.24, 2.45) is 11.8 Å². The van der Waals surface area contributed by atoms with E-state index in [1.807, 2.05) is 18.7 Å². The molecule has 20 heavy (non-hydrogen) atoms. The summed E-state index contributed by atoms with van der Waals surface area (Å²) in [6.45, 7) is 16.8. The summed E-state index contributed by atoms with van der Waals surface area (Å²) in [6.07, 6.45) is 0.290. The Kier molecular flexibility index (Phi) is 6.96. The number of morpholine rings is 1. The quantitative estimate of drug-likeness (QED) is 0.750. The van der Waals surface area contributed by atoms with E-state index in [9.17, 15) is 4.79 Å². The van der Waals surface area contributed by atoms with Crippen LogP contribution in [0.4, 0.5) is 0 Å². The van der Waals surface area contributed by atoms with Crippen LogP contribution in [-0.2, 0) is 9.53 Å². The molecule has 4 nitrogen and oxygen atoms in total. The predicted molar refractivity (Wildman–Crippen MR) is 82.7 cm³/mol. The molecular weight excluding hydrogens is 252 g/mol. The molecule has 4 heteroatoms. The normalized spacial score (nSPS) is 23.9. The zero-order chi connectivity index (χ0) is 15.3. The number of carbonyl (C=O) groups is 1. The molecule has 2 unspecified atom stereocenters. The first-order chi connectivity index (χ1) is 9.27. The average Bonchev–Trinajstić information content (AvgIpc) is 2.25. The third-order valence-electron chi connectivity index (χ3n) is 3.38. The van der Waals surface area contributed by atoms with Crippen molar-refractivity contribution < 1.29 is 9.53 Å². The van der Waals surface area contributed by atoms with Crippen molar-refractivity contribution in [3.8, 4) is 0 Å². The molecule has 2 atom stereocenters. The molecule has 0 radical (unpaired) electrons. The standard InChI is InChI=1S/C16H32N2O2/c1-12(2)7-17(8-13(3)4)11-16(19)18-9-14(5)20-15(6)10-18/h12-15H,7-11H2,1-6H3. The van der Waals surface area contributed by atoms with E-state index in [0.717, 1.165) is 26.2 Å². The highest BCUT2D eigenvalue weighted by Crippen LogP contribution is 2.12. The molecule has 118 valence electrons. The van der Waals surface area contributed by atoms with Gasteiger partial charge in [-0.3, -0.25) is 9.69 Å². The van der Waals surface area contributed by atoms with Crippen molar-refractivity contribution in [2.45, 2.75) is 53.8 Å². The summed E-state index contributed by atoms with van der Waals surface area (Å²) in [6, 6.07) is 0. The minimum absolute atomic E-state index is 0.145. The SMILES string of the molecule is CC(C)CN(CC(=O)N1CC(C)OC(C)C1)CC(C)C. The highest BCUT2D eigenvalue weighted by molar-refractivity contribution is 5.78. The van der Waals surface area contributed by atoms with E-state index in [1.54, 1.807) is 0 Å². The van der Waals surface area contributed by atoms with Gasteiger partial charge in [0.1, 0.15) is 0 Å². The van der Waals surface area contributed by atoms with Crippen LogP contribution >= 0.6 is 0 Å². The number of carbonyl (C=O) groups excluding carboxylic acids is 1. The number of nitrogens with zero attached hydrogens (tertiary/aromatic N) is 2. The number of rotatable bonds is 6. The summed E-state index contributed by atoms with van der Waals surface area (Å²) >= 11 is 0. The summed E-state index contributed by atoms with van der Waals surface area (Å²) in [5.74, 6) is 1.42. The van der Waals surface area contributed by atoms with Crippen molar-refractivity contribution >= 4 is 5.91 Å². The van der Waals surface area contributed by atoms with Crippen molar-refractivity contribution in [3.63, 3.8) is 0 Å². The van der Waals surface area contributed by atoms with Gasteiger partial charge in [-0.2, -0.15) is 0 Å². The van der Waals surface area contributed by atoms with Gasteiger partial charge in [0.05, 0.1) is 18.8 Å². The Morgan fingerprint density at radius 3 is 1.95 bits per heavy atom.